The largest absolute Gasteiger partial charge is 0.354 e. The van der Waals surface area contributed by atoms with Gasteiger partial charge >= 0.3 is 0 Å². The predicted octanol–water partition coefficient (Wildman–Crippen LogP) is 3.06. The molecule has 1 fully saturated rings. The number of piperazine rings is 1. The van der Waals surface area contributed by atoms with Gasteiger partial charge in [0.25, 0.3) is 0 Å². The van der Waals surface area contributed by atoms with Crippen LogP contribution in [0.1, 0.15) is 5.56 Å². The highest BCUT2D eigenvalue weighted by Gasteiger charge is 2.17. The fourth-order valence-electron chi connectivity index (χ4n) is 2.53. The van der Waals surface area contributed by atoms with Crippen molar-refractivity contribution in [3.63, 3.8) is 0 Å². The average Bonchev–Trinajstić information content (AvgIpc) is 2.50. The molecule has 4 heteroatoms. The zero-order valence-corrected chi connectivity index (χ0v) is 12.1. The second-order valence-electron chi connectivity index (χ2n) is 5.08. The Kier molecular flexibility index (Phi) is 4.19. The molecular formula is C16H18ClN3. The van der Waals surface area contributed by atoms with Gasteiger partial charge in [0.2, 0.25) is 0 Å². The molecule has 0 bridgehead atoms. The molecule has 0 amide bonds. The maximum absolute atomic E-state index is 5.87. The molecule has 1 aliphatic heterocycles. The van der Waals surface area contributed by atoms with Crippen molar-refractivity contribution in [3.8, 4) is 0 Å². The molecule has 0 aliphatic carbocycles. The number of hydrogen-bond donors (Lipinski definition) is 0. The van der Waals surface area contributed by atoms with E-state index in [-0.39, 0.29) is 0 Å². The van der Waals surface area contributed by atoms with E-state index in [1.165, 1.54) is 5.56 Å². The third-order valence-corrected chi connectivity index (χ3v) is 3.88. The quantitative estimate of drug-likeness (QED) is 0.865. The zero-order valence-electron chi connectivity index (χ0n) is 11.4. The summed E-state index contributed by atoms with van der Waals surface area (Å²) < 4.78 is 0. The number of pyridine rings is 1. The van der Waals surface area contributed by atoms with Gasteiger partial charge in [-0.15, -0.1) is 0 Å². The molecule has 1 aliphatic rings. The number of anilines is 1. The number of nitrogens with zero attached hydrogens (tertiary/aromatic N) is 3. The lowest BCUT2D eigenvalue weighted by molar-refractivity contribution is 0.249. The van der Waals surface area contributed by atoms with E-state index in [0.29, 0.717) is 5.02 Å². The number of rotatable bonds is 3. The van der Waals surface area contributed by atoms with Crippen molar-refractivity contribution in [1.29, 1.82) is 0 Å². The Labute approximate surface area is 124 Å². The van der Waals surface area contributed by atoms with Crippen LogP contribution in [0.15, 0.2) is 48.7 Å². The lowest BCUT2D eigenvalue weighted by Gasteiger charge is -2.35. The monoisotopic (exact) mass is 287 g/mol. The normalized spacial score (nSPS) is 16.4. The molecule has 2 heterocycles. The SMILES string of the molecule is Clc1ccc(N2CCN(Cc3ccccc3)CC2)nc1. The van der Waals surface area contributed by atoms with E-state index in [4.69, 9.17) is 11.6 Å². The van der Waals surface area contributed by atoms with Crippen LogP contribution in [0.3, 0.4) is 0 Å². The van der Waals surface area contributed by atoms with Crippen molar-refractivity contribution in [3.05, 3.63) is 59.2 Å². The highest BCUT2D eigenvalue weighted by Crippen LogP contribution is 2.17. The lowest BCUT2D eigenvalue weighted by atomic mass is 10.2. The van der Waals surface area contributed by atoms with Gasteiger partial charge in [0, 0.05) is 38.9 Å². The summed E-state index contributed by atoms with van der Waals surface area (Å²) in [4.78, 5) is 9.19. The van der Waals surface area contributed by atoms with Crippen molar-refractivity contribution >= 4 is 17.4 Å². The van der Waals surface area contributed by atoms with Crippen molar-refractivity contribution in [2.45, 2.75) is 6.54 Å². The predicted molar refractivity (Wildman–Crippen MR) is 83.2 cm³/mol. The molecule has 1 aromatic heterocycles. The highest BCUT2D eigenvalue weighted by molar-refractivity contribution is 6.30. The third kappa shape index (κ3) is 3.30. The van der Waals surface area contributed by atoms with E-state index < -0.39 is 0 Å². The smallest absolute Gasteiger partial charge is 0.128 e. The minimum atomic E-state index is 0.691. The van der Waals surface area contributed by atoms with Crippen LogP contribution in [0, 0.1) is 0 Å². The first-order valence-electron chi connectivity index (χ1n) is 6.94. The van der Waals surface area contributed by atoms with Gasteiger partial charge in [-0.25, -0.2) is 4.98 Å². The first kappa shape index (κ1) is 13.4. The topological polar surface area (TPSA) is 19.4 Å². The summed E-state index contributed by atoms with van der Waals surface area (Å²) in [6.45, 7) is 5.20. The Morgan fingerprint density at radius 1 is 0.950 bits per heavy atom. The molecule has 1 saturated heterocycles. The van der Waals surface area contributed by atoms with E-state index in [1.54, 1.807) is 6.20 Å². The van der Waals surface area contributed by atoms with Crippen LogP contribution in [-0.2, 0) is 6.54 Å². The van der Waals surface area contributed by atoms with Crippen molar-refractivity contribution in [2.75, 3.05) is 31.1 Å². The van der Waals surface area contributed by atoms with Crippen LogP contribution < -0.4 is 4.90 Å². The number of halogens is 1. The summed E-state index contributed by atoms with van der Waals surface area (Å²) in [5.41, 5.74) is 1.38. The molecule has 0 spiro atoms. The summed E-state index contributed by atoms with van der Waals surface area (Å²) in [6.07, 6.45) is 1.72. The van der Waals surface area contributed by atoms with Gasteiger partial charge in [-0.3, -0.25) is 4.90 Å². The van der Waals surface area contributed by atoms with E-state index in [9.17, 15) is 0 Å². The molecule has 0 radical (unpaired) electrons. The van der Waals surface area contributed by atoms with Crippen LogP contribution in [0.25, 0.3) is 0 Å². The Hall–Kier alpha value is -1.58. The summed E-state index contributed by atoms with van der Waals surface area (Å²) in [7, 11) is 0. The molecule has 3 nitrogen and oxygen atoms in total. The number of benzene rings is 1. The molecule has 3 rings (SSSR count). The van der Waals surface area contributed by atoms with Gasteiger partial charge in [-0.2, -0.15) is 0 Å². The van der Waals surface area contributed by atoms with Gasteiger partial charge in [-0.1, -0.05) is 41.9 Å². The molecule has 0 N–H and O–H groups in total. The fourth-order valence-corrected chi connectivity index (χ4v) is 2.64. The molecule has 1 aromatic carbocycles. The highest BCUT2D eigenvalue weighted by atomic mass is 35.5. The Morgan fingerprint density at radius 2 is 1.70 bits per heavy atom. The molecule has 0 saturated carbocycles. The van der Waals surface area contributed by atoms with E-state index in [1.807, 2.05) is 12.1 Å². The van der Waals surface area contributed by atoms with Gasteiger partial charge in [-0.05, 0) is 17.7 Å². The maximum Gasteiger partial charge on any atom is 0.128 e. The molecule has 20 heavy (non-hydrogen) atoms. The van der Waals surface area contributed by atoms with Crippen molar-refractivity contribution in [2.24, 2.45) is 0 Å². The molecule has 0 unspecified atom stereocenters. The Balaban J connectivity index is 1.55. The third-order valence-electron chi connectivity index (χ3n) is 3.66. The molecule has 2 aromatic rings. The Bertz CT molecular complexity index is 533. The second kappa shape index (κ2) is 6.25. The van der Waals surface area contributed by atoms with Crippen LogP contribution in [0.2, 0.25) is 5.02 Å². The molecule has 0 atom stereocenters. The van der Waals surface area contributed by atoms with Crippen LogP contribution >= 0.6 is 11.6 Å². The van der Waals surface area contributed by atoms with Crippen LogP contribution in [0.5, 0.6) is 0 Å². The first-order chi connectivity index (χ1) is 9.81. The van der Waals surface area contributed by atoms with Gasteiger partial charge in [0.05, 0.1) is 5.02 Å². The summed E-state index contributed by atoms with van der Waals surface area (Å²) >= 11 is 5.87. The van der Waals surface area contributed by atoms with Crippen LogP contribution in [-0.4, -0.2) is 36.1 Å². The molecule has 104 valence electrons. The van der Waals surface area contributed by atoms with E-state index >= 15 is 0 Å². The zero-order chi connectivity index (χ0) is 13.8. The summed E-state index contributed by atoms with van der Waals surface area (Å²) in [5.74, 6) is 1.02. The maximum atomic E-state index is 5.87. The second-order valence-corrected chi connectivity index (χ2v) is 5.52. The minimum Gasteiger partial charge on any atom is -0.354 e. The summed E-state index contributed by atoms with van der Waals surface area (Å²) in [5, 5.41) is 0.691. The van der Waals surface area contributed by atoms with E-state index in [0.717, 1.165) is 38.5 Å². The van der Waals surface area contributed by atoms with Crippen molar-refractivity contribution < 1.29 is 0 Å². The first-order valence-corrected chi connectivity index (χ1v) is 7.32. The fraction of sp³-hybridized carbons (Fsp3) is 0.312. The number of hydrogen-bond acceptors (Lipinski definition) is 3. The average molecular weight is 288 g/mol. The Morgan fingerprint density at radius 3 is 2.35 bits per heavy atom. The van der Waals surface area contributed by atoms with Crippen molar-refractivity contribution in [1.82, 2.24) is 9.88 Å². The number of aromatic nitrogens is 1. The lowest BCUT2D eigenvalue weighted by Crippen LogP contribution is -2.46. The summed E-state index contributed by atoms with van der Waals surface area (Å²) in [6, 6.07) is 14.5. The molecular weight excluding hydrogens is 270 g/mol. The van der Waals surface area contributed by atoms with Gasteiger partial charge in [0.15, 0.2) is 0 Å². The van der Waals surface area contributed by atoms with E-state index in [2.05, 4.69) is 45.1 Å². The van der Waals surface area contributed by atoms with Gasteiger partial charge in [0.1, 0.15) is 5.82 Å². The van der Waals surface area contributed by atoms with Gasteiger partial charge < -0.3 is 4.90 Å². The standard InChI is InChI=1S/C16H18ClN3/c17-15-6-7-16(18-12-15)20-10-8-19(9-11-20)13-14-4-2-1-3-5-14/h1-7,12H,8-11,13H2. The minimum absolute atomic E-state index is 0.691. The van der Waals surface area contributed by atoms with Crippen LogP contribution in [0.4, 0.5) is 5.82 Å².